The lowest BCUT2D eigenvalue weighted by Crippen LogP contribution is -2.41. The topological polar surface area (TPSA) is 71.3 Å². The molecule has 0 heterocycles. The summed E-state index contributed by atoms with van der Waals surface area (Å²) in [5.41, 5.74) is 1.54. The van der Waals surface area contributed by atoms with Crippen molar-refractivity contribution in [2.75, 3.05) is 7.11 Å². The Morgan fingerprint density at radius 2 is 1.94 bits per heavy atom. The average Bonchev–Trinajstić information content (AvgIpc) is 2.78. The van der Waals surface area contributed by atoms with Crippen molar-refractivity contribution in [3.05, 3.63) is 65.0 Å². The van der Waals surface area contributed by atoms with Gasteiger partial charge in [-0.25, -0.2) is 4.39 Å². The minimum atomic E-state index is -0.350. The van der Waals surface area contributed by atoms with E-state index >= 15 is 0 Å². The highest BCUT2D eigenvalue weighted by molar-refractivity contribution is 6.01. The van der Waals surface area contributed by atoms with Crippen LogP contribution in [0.25, 0.3) is 6.08 Å². The Morgan fingerprint density at radius 3 is 2.61 bits per heavy atom. The molecule has 6 heteroatoms. The molecule has 1 amide bonds. The van der Waals surface area contributed by atoms with Crippen LogP contribution in [0.4, 0.5) is 4.39 Å². The van der Waals surface area contributed by atoms with Gasteiger partial charge in [-0.3, -0.25) is 4.79 Å². The first-order valence-electron chi connectivity index (χ1n) is 10.5. The van der Waals surface area contributed by atoms with Crippen molar-refractivity contribution in [1.29, 1.82) is 5.26 Å². The van der Waals surface area contributed by atoms with E-state index in [4.69, 9.17) is 9.47 Å². The predicted octanol–water partition coefficient (Wildman–Crippen LogP) is 5.02. The first-order valence-corrected chi connectivity index (χ1v) is 10.5. The van der Waals surface area contributed by atoms with Gasteiger partial charge in [0.1, 0.15) is 24.1 Å². The number of carbonyl (C=O) groups excluding carboxylic acids is 1. The number of ether oxygens (including phenoxy) is 2. The summed E-state index contributed by atoms with van der Waals surface area (Å²) in [6, 6.07) is 13.4. The lowest BCUT2D eigenvalue weighted by molar-refractivity contribution is -0.118. The Bertz CT molecular complexity index is 979. The highest BCUT2D eigenvalue weighted by atomic mass is 19.1. The van der Waals surface area contributed by atoms with Gasteiger partial charge in [-0.1, -0.05) is 38.0 Å². The van der Waals surface area contributed by atoms with Gasteiger partial charge < -0.3 is 14.8 Å². The molecule has 3 rings (SSSR count). The lowest BCUT2D eigenvalue weighted by Gasteiger charge is -2.29. The molecule has 2 aromatic rings. The first kappa shape index (κ1) is 22.4. The third-order valence-electron chi connectivity index (χ3n) is 5.60. The minimum Gasteiger partial charge on any atom is -0.493 e. The molecule has 5 nitrogen and oxygen atoms in total. The molecule has 1 fully saturated rings. The van der Waals surface area contributed by atoms with Gasteiger partial charge in [0.15, 0.2) is 11.5 Å². The van der Waals surface area contributed by atoms with Crippen molar-refractivity contribution in [2.24, 2.45) is 5.92 Å². The van der Waals surface area contributed by atoms with E-state index in [1.807, 2.05) is 6.07 Å². The van der Waals surface area contributed by atoms with Crippen LogP contribution in [0.15, 0.2) is 48.0 Å². The van der Waals surface area contributed by atoms with Gasteiger partial charge in [-0.2, -0.15) is 5.26 Å². The van der Waals surface area contributed by atoms with Crippen molar-refractivity contribution >= 4 is 12.0 Å². The molecule has 0 radical (unpaired) electrons. The van der Waals surface area contributed by atoms with E-state index in [0.717, 1.165) is 24.8 Å². The molecular formula is C25H27FN2O3. The molecule has 0 bridgehead atoms. The maximum atomic E-state index is 13.0. The van der Waals surface area contributed by atoms with Crippen LogP contribution in [-0.2, 0) is 11.4 Å². The summed E-state index contributed by atoms with van der Waals surface area (Å²) in [6.45, 7) is 2.40. The number of benzene rings is 2. The molecule has 0 saturated heterocycles. The highest BCUT2D eigenvalue weighted by Crippen LogP contribution is 2.30. The molecule has 1 N–H and O–H groups in total. The summed E-state index contributed by atoms with van der Waals surface area (Å²) < 4.78 is 24.2. The normalized spacial score (nSPS) is 18.7. The number of amides is 1. The van der Waals surface area contributed by atoms with E-state index in [1.165, 1.54) is 25.7 Å². The summed E-state index contributed by atoms with van der Waals surface area (Å²) in [7, 11) is 1.52. The highest BCUT2D eigenvalue weighted by Gasteiger charge is 2.24. The third kappa shape index (κ3) is 6.08. The van der Waals surface area contributed by atoms with Gasteiger partial charge >= 0.3 is 0 Å². The van der Waals surface area contributed by atoms with Gasteiger partial charge in [0.25, 0.3) is 5.91 Å². The van der Waals surface area contributed by atoms with Crippen LogP contribution in [0.3, 0.4) is 0 Å². The lowest BCUT2D eigenvalue weighted by atomic mass is 9.86. The standard InChI is InChI=1S/C25H27FN2O3/c1-17-5-3-4-6-22(17)28-25(29)20(15-27)13-19-9-12-23(24(14-19)30-2)31-16-18-7-10-21(26)11-8-18/h7-14,17,22H,3-6,16H2,1-2H3,(H,28,29)/b20-13+/t17-,22-/m0/s1. The van der Waals surface area contributed by atoms with Crippen LogP contribution in [0.5, 0.6) is 11.5 Å². The van der Waals surface area contributed by atoms with E-state index in [0.29, 0.717) is 23.0 Å². The SMILES string of the molecule is COc1cc(/C=C(\C#N)C(=O)N[C@H]2CCCC[C@@H]2C)ccc1OCc1ccc(F)cc1. The summed E-state index contributed by atoms with van der Waals surface area (Å²) in [5.74, 6) is 0.761. The molecule has 31 heavy (non-hydrogen) atoms. The van der Waals surface area contributed by atoms with Crippen LogP contribution < -0.4 is 14.8 Å². The summed E-state index contributed by atoms with van der Waals surface area (Å²) in [6.07, 6.45) is 5.86. The maximum Gasteiger partial charge on any atom is 0.262 e. The number of hydrogen-bond donors (Lipinski definition) is 1. The monoisotopic (exact) mass is 422 g/mol. The van der Waals surface area contributed by atoms with Crippen LogP contribution in [-0.4, -0.2) is 19.1 Å². The van der Waals surface area contributed by atoms with Gasteiger partial charge in [0.2, 0.25) is 0 Å². The maximum absolute atomic E-state index is 13.0. The largest absolute Gasteiger partial charge is 0.493 e. The molecule has 1 aliphatic rings. The van der Waals surface area contributed by atoms with Gasteiger partial charge in [-0.05, 0) is 60.2 Å². The number of nitrogens with zero attached hydrogens (tertiary/aromatic N) is 1. The number of hydrogen-bond acceptors (Lipinski definition) is 4. The first-order chi connectivity index (χ1) is 15.0. The summed E-state index contributed by atoms with van der Waals surface area (Å²) in [5, 5.41) is 12.5. The Kier molecular flexibility index (Phi) is 7.66. The van der Waals surface area contributed by atoms with Gasteiger partial charge in [0, 0.05) is 6.04 Å². The van der Waals surface area contributed by atoms with Crippen LogP contribution >= 0.6 is 0 Å². The molecule has 0 unspecified atom stereocenters. The summed E-state index contributed by atoms with van der Waals surface area (Å²) >= 11 is 0. The number of rotatable bonds is 7. The van der Waals surface area contributed by atoms with E-state index in [-0.39, 0.29) is 29.9 Å². The number of methoxy groups -OCH3 is 1. The zero-order chi connectivity index (χ0) is 22.2. The Balaban J connectivity index is 1.70. The molecule has 0 aromatic heterocycles. The fourth-order valence-electron chi connectivity index (χ4n) is 3.73. The molecule has 0 spiro atoms. The molecular weight excluding hydrogens is 395 g/mol. The van der Waals surface area contributed by atoms with Crippen LogP contribution in [0, 0.1) is 23.1 Å². The van der Waals surface area contributed by atoms with Gasteiger partial charge in [-0.15, -0.1) is 0 Å². The predicted molar refractivity (Wildman–Crippen MR) is 117 cm³/mol. The van der Waals surface area contributed by atoms with E-state index in [9.17, 15) is 14.4 Å². The second-order valence-corrected chi connectivity index (χ2v) is 7.84. The minimum absolute atomic E-state index is 0.0554. The molecule has 1 saturated carbocycles. The summed E-state index contributed by atoms with van der Waals surface area (Å²) in [4.78, 5) is 12.6. The fraction of sp³-hybridized carbons (Fsp3) is 0.360. The molecule has 2 aromatic carbocycles. The van der Waals surface area contributed by atoms with Crippen molar-refractivity contribution < 1.29 is 18.7 Å². The number of nitriles is 1. The number of halogens is 1. The van der Waals surface area contributed by atoms with Crippen molar-refractivity contribution in [3.8, 4) is 17.6 Å². The van der Waals surface area contributed by atoms with E-state index in [1.54, 1.807) is 36.4 Å². The second kappa shape index (κ2) is 10.6. The quantitative estimate of drug-likeness (QED) is 0.503. The smallest absolute Gasteiger partial charge is 0.262 e. The zero-order valence-corrected chi connectivity index (χ0v) is 17.9. The number of carbonyl (C=O) groups is 1. The van der Waals surface area contributed by atoms with Crippen LogP contribution in [0.2, 0.25) is 0 Å². The second-order valence-electron chi connectivity index (χ2n) is 7.84. The molecule has 0 aliphatic heterocycles. The Labute approximate surface area is 182 Å². The molecule has 162 valence electrons. The molecule has 2 atom stereocenters. The average molecular weight is 423 g/mol. The van der Waals surface area contributed by atoms with E-state index in [2.05, 4.69) is 12.2 Å². The van der Waals surface area contributed by atoms with Crippen LogP contribution in [0.1, 0.15) is 43.7 Å². The van der Waals surface area contributed by atoms with Gasteiger partial charge in [0.05, 0.1) is 7.11 Å². The Morgan fingerprint density at radius 1 is 1.19 bits per heavy atom. The van der Waals surface area contributed by atoms with Crippen molar-refractivity contribution in [3.63, 3.8) is 0 Å². The Hall–Kier alpha value is -3.33. The van der Waals surface area contributed by atoms with Crippen molar-refractivity contribution in [1.82, 2.24) is 5.32 Å². The zero-order valence-electron chi connectivity index (χ0n) is 17.9. The fourth-order valence-corrected chi connectivity index (χ4v) is 3.73. The number of nitrogens with one attached hydrogen (secondary N) is 1. The third-order valence-corrected chi connectivity index (χ3v) is 5.60. The van der Waals surface area contributed by atoms with Crippen molar-refractivity contribution in [2.45, 2.75) is 45.3 Å². The molecule has 1 aliphatic carbocycles. The van der Waals surface area contributed by atoms with E-state index < -0.39 is 0 Å².